The molecular formula is C27H28N4O2. The van der Waals surface area contributed by atoms with Crippen molar-refractivity contribution in [3.05, 3.63) is 88.9 Å². The minimum absolute atomic E-state index is 0.0486. The summed E-state index contributed by atoms with van der Waals surface area (Å²) >= 11 is 0. The van der Waals surface area contributed by atoms with Crippen molar-refractivity contribution in [3.63, 3.8) is 0 Å². The van der Waals surface area contributed by atoms with Crippen LogP contribution in [0.4, 0.5) is 5.82 Å². The van der Waals surface area contributed by atoms with E-state index in [4.69, 9.17) is 9.97 Å². The van der Waals surface area contributed by atoms with Crippen molar-refractivity contribution in [1.82, 2.24) is 14.9 Å². The molecule has 1 saturated heterocycles. The number of hydrogen-bond donors (Lipinski definition) is 0. The van der Waals surface area contributed by atoms with Crippen LogP contribution in [0, 0.1) is 6.92 Å². The first-order valence-corrected chi connectivity index (χ1v) is 11.7. The first kappa shape index (κ1) is 21.3. The Balaban J connectivity index is 1.37. The summed E-state index contributed by atoms with van der Waals surface area (Å²) in [4.78, 5) is 39.2. The molecule has 2 amide bonds. The molecule has 33 heavy (non-hydrogen) atoms. The van der Waals surface area contributed by atoms with Crippen LogP contribution in [0.3, 0.4) is 0 Å². The summed E-state index contributed by atoms with van der Waals surface area (Å²) in [5.74, 6) is 1.75. The Labute approximate surface area is 194 Å². The Morgan fingerprint density at radius 2 is 1.73 bits per heavy atom. The van der Waals surface area contributed by atoms with Crippen molar-refractivity contribution in [3.8, 4) is 0 Å². The number of nitrogens with zero attached hydrogens (tertiary/aromatic N) is 4. The van der Waals surface area contributed by atoms with Gasteiger partial charge in [0.25, 0.3) is 5.91 Å². The van der Waals surface area contributed by atoms with Gasteiger partial charge in [0.2, 0.25) is 5.91 Å². The average Bonchev–Trinajstić information content (AvgIpc) is 3.34. The second-order valence-electron chi connectivity index (χ2n) is 8.85. The van der Waals surface area contributed by atoms with Gasteiger partial charge in [-0.1, -0.05) is 48.5 Å². The normalized spacial score (nSPS) is 17.8. The lowest BCUT2D eigenvalue weighted by molar-refractivity contribution is -0.118. The summed E-state index contributed by atoms with van der Waals surface area (Å²) in [7, 11) is 0. The van der Waals surface area contributed by atoms with E-state index in [1.54, 1.807) is 0 Å². The smallest absolute Gasteiger partial charge is 0.253 e. The third-order valence-corrected chi connectivity index (χ3v) is 6.68. The number of rotatable bonds is 5. The number of amides is 2. The highest BCUT2D eigenvalue weighted by Gasteiger charge is 2.33. The molecule has 3 heterocycles. The topological polar surface area (TPSA) is 66.4 Å². The highest BCUT2D eigenvalue weighted by atomic mass is 16.2. The van der Waals surface area contributed by atoms with Crippen molar-refractivity contribution in [2.45, 2.75) is 38.5 Å². The molecule has 1 atom stereocenters. The van der Waals surface area contributed by atoms with Gasteiger partial charge in [-0.15, -0.1) is 0 Å². The largest absolute Gasteiger partial charge is 0.338 e. The van der Waals surface area contributed by atoms with Crippen LogP contribution in [-0.2, 0) is 17.6 Å². The summed E-state index contributed by atoms with van der Waals surface area (Å²) in [6.45, 7) is 3.91. The molecular weight excluding hydrogens is 412 g/mol. The van der Waals surface area contributed by atoms with Crippen molar-refractivity contribution in [2.24, 2.45) is 0 Å². The van der Waals surface area contributed by atoms with E-state index in [1.165, 1.54) is 5.56 Å². The van der Waals surface area contributed by atoms with Gasteiger partial charge in [-0.25, -0.2) is 9.97 Å². The molecule has 3 aromatic rings. The lowest BCUT2D eigenvalue weighted by Gasteiger charge is -2.30. The van der Waals surface area contributed by atoms with Crippen molar-refractivity contribution in [2.75, 3.05) is 24.5 Å². The highest BCUT2D eigenvalue weighted by molar-refractivity contribution is 5.95. The minimum Gasteiger partial charge on any atom is -0.338 e. The van der Waals surface area contributed by atoms with E-state index < -0.39 is 0 Å². The molecule has 6 nitrogen and oxygen atoms in total. The monoisotopic (exact) mass is 440 g/mol. The number of carbonyl (C=O) groups is 2. The van der Waals surface area contributed by atoms with E-state index in [9.17, 15) is 9.59 Å². The molecule has 1 fully saturated rings. The molecule has 2 aromatic carbocycles. The van der Waals surface area contributed by atoms with Gasteiger partial charge >= 0.3 is 0 Å². The molecule has 2 aliphatic rings. The van der Waals surface area contributed by atoms with Crippen molar-refractivity contribution in [1.29, 1.82) is 0 Å². The average molecular weight is 441 g/mol. The van der Waals surface area contributed by atoms with E-state index in [2.05, 4.69) is 12.1 Å². The van der Waals surface area contributed by atoms with Crippen LogP contribution in [0.5, 0.6) is 0 Å². The summed E-state index contributed by atoms with van der Waals surface area (Å²) in [6, 6.07) is 19.6. The molecule has 2 aliphatic heterocycles. The first-order valence-electron chi connectivity index (χ1n) is 11.7. The molecule has 1 unspecified atom stereocenters. The number of hydrogen-bond acceptors (Lipinski definition) is 4. The van der Waals surface area contributed by atoms with Gasteiger partial charge in [-0.2, -0.15) is 0 Å². The van der Waals surface area contributed by atoms with Gasteiger partial charge < -0.3 is 4.90 Å². The second kappa shape index (κ2) is 9.14. The van der Waals surface area contributed by atoms with Crippen LogP contribution in [0.1, 0.15) is 51.8 Å². The number of benzene rings is 2. The molecule has 0 saturated carbocycles. The fourth-order valence-corrected chi connectivity index (χ4v) is 4.82. The Bertz CT molecular complexity index is 1160. The number of anilines is 1. The van der Waals surface area contributed by atoms with Gasteiger partial charge in [-0.3, -0.25) is 14.5 Å². The highest BCUT2D eigenvalue weighted by Crippen LogP contribution is 2.32. The van der Waals surface area contributed by atoms with E-state index >= 15 is 0 Å². The SMILES string of the molecule is Cc1nc(C2CCN(C(=O)c3ccccc3)C2)nc2c1CCC(=O)N2CCc1ccccc1. The number of fused-ring (bicyclic) bond motifs is 1. The first-order chi connectivity index (χ1) is 16.1. The lowest BCUT2D eigenvalue weighted by Crippen LogP contribution is -2.38. The Kier molecular flexibility index (Phi) is 5.90. The molecule has 0 N–H and O–H groups in total. The van der Waals surface area contributed by atoms with Gasteiger partial charge in [0.1, 0.15) is 11.6 Å². The molecule has 0 spiro atoms. The predicted octanol–water partition coefficient (Wildman–Crippen LogP) is 3.94. The molecule has 168 valence electrons. The third-order valence-electron chi connectivity index (χ3n) is 6.68. The molecule has 0 bridgehead atoms. The maximum atomic E-state index is 12.9. The number of aromatic nitrogens is 2. The number of carbonyl (C=O) groups excluding carboxylic acids is 2. The summed E-state index contributed by atoms with van der Waals surface area (Å²) in [5, 5.41) is 0. The van der Waals surface area contributed by atoms with Crippen molar-refractivity contribution >= 4 is 17.6 Å². The maximum absolute atomic E-state index is 12.9. The zero-order valence-corrected chi connectivity index (χ0v) is 18.9. The molecule has 1 aromatic heterocycles. The van der Waals surface area contributed by atoms with E-state index in [1.807, 2.05) is 65.3 Å². The van der Waals surface area contributed by atoms with Crippen LogP contribution in [0.2, 0.25) is 0 Å². The van der Waals surface area contributed by atoms with E-state index in [0.717, 1.165) is 35.7 Å². The molecule has 0 radical (unpaired) electrons. The van der Waals surface area contributed by atoms with Crippen LogP contribution in [0.15, 0.2) is 60.7 Å². The zero-order valence-electron chi connectivity index (χ0n) is 18.9. The minimum atomic E-state index is 0.0486. The van der Waals surface area contributed by atoms with Crippen LogP contribution in [-0.4, -0.2) is 46.3 Å². The Morgan fingerprint density at radius 3 is 2.48 bits per heavy atom. The van der Waals surface area contributed by atoms with Gasteiger partial charge in [0.15, 0.2) is 0 Å². The predicted molar refractivity (Wildman–Crippen MR) is 127 cm³/mol. The summed E-state index contributed by atoms with van der Waals surface area (Å²) in [6.07, 6.45) is 2.79. The lowest BCUT2D eigenvalue weighted by atomic mass is 10.0. The summed E-state index contributed by atoms with van der Waals surface area (Å²) in [5.41, 5.74) is 3.93. The molecule has 5 rings (SSSR count). The third kappa shape index (κ3) is 4.38. The van der Waals surface area contributed by atoms with E-state index in [-0.39, 0.29) is 17.7 Å². The van der Waals surface area contributed by atoms with Gasteiger partial charge in [0, 0.05) is 48.8 Å². The molecule has 6 heteroatoms. The zero-order chi connectivity index (χ0) is 22.8. The Hall–Kier alpha value is -3.54. The molecule has 0 aliphatic carbocycles. The Morgan fingerprint density at radius 1 is 1.00 bits per heavy atom. The number of aryl methyl sites for hydroxylation is 1. The van der Waals surface area contributed by atoms with Crippen LogP contribution >= 0.6 is 0 Å². The van der Waals surface area contributed by atoms with Crippen LogP contribution in [0.25, 0.3) is 0 Å². The summed E-state index contributed by atoms with van der Waals surface area (Å²) < 4.78 is 0. The van der Waals surface area contributed by atoms with Gasteiger partial charge in [0.05, 0.1) is 0 Å². The van der Waals surface area contributed by atoms with Crippen LogP contribution < -0.4 is 4.90 Å². The quantitative estimate of drug-likeness (QED) is 0.603. The maximum Gasteiger partial charge on any atom is 0.253 e. The van der Waals surface area contributed by atoms with Gasteiger partial charge in [-0.05, 0) is 43.9 Å². The van der Waals surface area contributed by atoms with Crippen molar-refractivity contribution < 1.29 is 9.59 Å². The number of likely N-dealkylation sites (tertiary alicyclic amines) is 1. The van der Waals surface area contributed by atoms with E-state index in [0.29, 0.717) is 38.0 Å². The fourth-order valence-electron chi connectivity index (χ4n) is 4.82. The fraction of sp³-hybridized carbons (Fsp3) is 0.333. The standard InChI is InChI=1S/C27H28N4O2/c1-19-23-12-13-24(32)31(17-14-20-8-4-2-5-9-20)26(23)29-25(28-19)22-15-16-30(18-22)27(33)21-10-6-3-7-11-21/h2-11,22H,12-18H2,1H3. The second-order valence-corrected chi connectivity index (χ2v) is 8.85.